The molecule has 2 aromatic carbocycles. The number of nitrogens with zero attached hydrogens (tertiary/aromatic N) is 1. The molecule has 0 spiro atoms. The van der Waals surface area contributed by atoms with Gasteiger partial charge in [-0.25, -0.2) is 0 Å². The van der Waals surface area contributed by atoms with Crippen LogP contribution >= 0.6 is 0 Å². The van der Waals surface area contributed by atoms with Crippen molar-refractivity contribution in [1.29, 1.82) is 0 Å². The van der Waals surface area contributed by atoms with Crippen molar-refractivity contribution < 1.29 is 22.9 Å². The first-order chi connectivity index (χ1) is 12.5. The van der Waals surface area contributed by atoms with Gasteiger partial charge in [-0.2, -0.15) is 8.42 Å². The predicted molar refractivity (Wildman–Crippen MR) is 107 cm³/mol. The minimum atomic E-state index is -4.02. The molecule has 0 heterocycles. The Morgan fingerprint density at radius 3 is 2.15 bits per heavy atom. The van der Waals surface area contributed by atoms with Gasteiger partial charge in [-0.05, 0) is 56.7 Å². The van der Waals surface area contributed by atoms with E-state index < -0.39 is 16.1 Å². The first-order valence-electron chi connectivity index (χ1n) is 8.41. The van der Waals surface area contributed by atoms with Crippen molar-refractivity contribution in [2.45, 2.75) is 32.1 Å². The van der Waals surface area contributed by atoms with E-state index in [9.17, 15) is 13.2 Å². The lowest BCUT2D eigenvalue weighted by molar-refractivity contribution is -0.136. The Morgan fingerprint density at radius 2 is 1.70 bits per heavy atom. The molecular weight excluding hydrogens is 368 g/mol. The number of benzene rings is 2. The quantitative estimate of drug-likeness (QED) is 0.508. The molecule has 0 aliphatic rings. The second-order valence-corrected chi connectivity index (χ2v) is 7.48. The number of carbonyl (C=O) groups is 1. The summed E-state index contributed by atoms with van der Waals surface area (Å²) < 4.78 is 29.6. The molecule has 0 aliphatic carbocycles. The third-order valence-corrected chi connectivity index (χ3v) is 4.73. The lowest BCUT2D eigenvalue weighted by Crippen LogP contribution is -2.26. The van der Waals surface area contributed by atoms with Crippen LogP contribution in [0.5, 0.6) is 0 Å². The SMILES string of the molecule is CCN(CCC(=O)O)c1ccc(N)cc1C.Cc1ccc(S(=O)(=O)O)cc1. The summed E-state index contributed by atoms with van der Waals surface area (Å²) in [6.07, 6.45) is 0.150. The van der Waals surface area contributed by atoms with E-state index in [4.69, 9.17) is 15.4 Å². The Balaban J connectivity index is 0.000000289. The highest BCUT2D eigenvalue weighted by Crippen LogP contribution is 2.22. The van der Waals surface area contributed by atoms with Crippen LogP contribution in [0.4, 0.5) is 11.4 Å². The van der Waals surface area contributed by atoms with E-state index in [2.05, 4.69) is 0 Å². The Kier molecular flexibility index (Phi) is 8.27. The summed E-state index contributed by atoms with van der Waals surface area (Å²) in [6, 6.07) is 11.7. The number of nitrogen functional groups attached to an aromatic ring is 1. The Bertz CT molecular complexity index is 864. The first kappa shape index (κ1) is 22.5. The fourth-order valence-corrected chi connectivity index (χ4v) is 2.90. The van der Waals surface area contributed by atoms with Gasteiger partial charge in [-0.1, -0.05) is 17.7 Å². The third kappa shape index (κ3) is 7.67. The maximum atomic E-state index is 10.5. The maximum Gasteiger partial charge on any atom is 0.305 e. The molecule has 2 rings (SSSR count). The molecule has 0 amide bonds. The average molecular weight is 394 g/mol. The smallest absolute Gasteiger partial charge is 0.305 e. The normalized spacial score (nSPS) is 10.7. The molecule has 0 aliphatic heterocycles. The molecule has 7 nitrogen and oxygen atoms in total. The highest BCUT2D eigenvalue weighted by Gasteiger charge is 2.09. The van der Waals surface area contributed by atoms with Crippen LogP contribution in [0.15, 0.2) is 47.4 Å². The molecule has 0 atom stereocenters. The van der Waals surface area contributed by atoms with Crippen molar-refractivity contribution in [3.63, 3.8) is 0 Å². The van der Waals surface area contributed by atoms with Gasteiger partial charge in [0.15, 0.2) is 0 Å². The van der Waals surface area contributed by atoms with Gasteiger partial charge in [-0.15, -0.1) is 0 Å². The van der Waals surface area contributed by atoms with E-state index in [1.165, 1.54) is 12.1 Å². The van der Waals surface area contributed by atoms with Crippen molar-refractivity contribution >= 4 is 27.5 Å². The van der Waals surface area contributed by atoms with Crippen LogP contribution in [0.25, 0.3) is 0 Å². The summed E-state index contributed by atoms with van der Waals surface area (Å²) in [4.78, 5) is 12.5. The fraction of sp³-hybridized carbons (Fsp3) is 0.316. The third-order valence-electron chi connectivity index (χ3n) is 3.86. The summed E-state index contributed by atoms with van der Waals surface area (Å²) in [5.74, 6) is -0.772. The van der Waals surface area contributed by atoms with Crippen molar-refractivity contribution in [1.82, 2.24) is 0 Å². The molecule has 0 aromatic heterocycles. The molecule has 4 N–H and O–H groups in total. The molecule has 0 bridgehead atoms. The number of nitrogens with two attached hydrogens (primary N) is 1. The lowest BCUT2D eigenvalue weighted by Gasteiger charge is -2.24. The van der Waals surface area contributed by atoms with Gasteiger partial charge in [0.1, 0.15) is 0 Å². The Hall–Kier alpha value is -2.58. The number of anilines is 2. The molecule has 0 saturated carbocycles. The van der Waals surface area contributed by atoms with Crippen molar-refractivity contribution in [2.75, 3.05) is 23.7 Å². The van der Waals surface area contributed by atoms with Crippen molar-refractivity contribution in [2.24, 2.45) is 0 Å². The van der Waals surface area contributed by atoms with Gasteiger partial charge in [0.05, 0.1) is 11.3 Å². The van der Waals surface area contributed by atoms with E-state index in [-0.39, 0.29) is 11.3 Å². The maximum absolute atomic E-state index is 10.5. The van der Waals surface area contributed by atoms with Gasteiger partial charge in [0.25, 0.3) is 10.1 Å². The van der Waals surface area contributed by atoms with Gasteiger partial charge in [0.2, 0.25) is 0 Å². The molecule has 8 heteroatoms. The van der Waals surface area contributed by atoms with Crippen LogP contribution < -0.4 is 10.6 Å². The van der Waals surface area contributed by atoms with Crippen molar-refractivity contribution in [3.05, 3.63) is 53.6 Å². The van der Waals surface area contributed by atoms with Crippen molar-refractivity contribution in [3.8, 4) is 0 Å². The highest BCUT2D eigenvalue weighted by atomic mass is 32.2. The fourth-order valence-electron chi connectivity index (χ4n) is 2.42. The van der Waals surface area contributed by atoms with Crippen LogP contribution in [0.3, 0.4) is 0 Å². The average Bonchev–Trinajstić information content (AvgIpc) is 2.57. The Labute approximate surface area is 160 Å². The number of aliphatic carboxylic acids is 1. The number of carboxylic acids is 1. The minimum absolute atomic E-state index is 0.0666. The monoisotopic (exact) mass is 394 g/mol. The molecule has 0 fully saturated rings. The minimum Gasteiger partial charge on any atom is -0.481 e. The number of rotatable bonds is 6. The first-order valence-corrected chi connectivity index (χ1v) is 9.85. The number of hydrogen-bond donors (Lipinski definition) is 3. The zero-order valence-corrected chi connectivity index (χ0v) is 16.5. The topological polar surface area (TPSA) is 121 Å². The standard InChI is InChI=1S/C12H18N2O2.C7H8O3S/c1-3-14(7-6-12(15)16)11-5-4-10(13)8-9(11)2;1-6-2-4-7(5-3-6)11(8,9)10/h4-5,8H,3,6-7,13H2,1-2H3,(H,15,16);2-5H,1H3,(H,8,9,10). The van der Waals surface area contributed by atoms with E-state index in [0.717, 1.165) is 29.0 Å². The molecule has 0 radical (unpaired) electrons. The van der Waals surface area contributed by atoms with E-state index in [1.54, 1.807) is 12.1 Å². The highest BCUT2D eigenvalue weighted by molar-refractivity contribution is 7.85. The zero-order chi connectivity index (χ0) is 20.6. The van der Waals surface area contributed by atoms with Crippen LogP contribution in [-0.4, -0.2) is 37.1 Å². The largest absolute Gasteiger partial charge is 0.481 e. The summed E-state index contributed by atoms with van der Waals surface area (Å²) >= 11 is 0. The van der Waals surface area contributed by atoms with Gasteiger partial charge in [0, 0.05) is 24.5 Å². The number of carboxylic acid groups (broad SMARTS) is 1. The van der Waals surface area contributed by atoms with Crippen LogP contribution in [0, 0.1) is 13.8 Å². The van der Waals surface area contributed by atoms with Gasteiger partial charge >= 0.3 is 5.97 Å². The molecule has 2 aromatic rings. The number of hydrogen-bond acceptors (Lipinski definition) is 5. The predicted octanol–water partition coefficient (Wildman–Crippen LogP) is 3.12. The zero-order valence-electron chi connectivity index (χ0n) is 15.7. The summed E-state index contributed by atoms with van der Waals surface area (Å²) in [7, 11) is -4.02. The molecule has 0 unspecified atom stereocenters. The molecule has 27 heavy (non-hydrogen) atoms. The molecule has 0 saturated heterocycles. The Morgan fingerprint density at radius 1 is 1.11 bits per heavy atom. The van der Waals surface area contributed by atoms with Crippen LogP contribution in [0.2, 0.25) is 0 Å². The lowest BCUT2D eigenvalue weighted by atomic mass is 10.1. The summed E-state index contributed by atoms with van der Waals surface area (Å²) in [5, 5.41) is 8.67. The second-order valence-electron chi connectivity index (χ2n) is 6.06. The van der Waals surface area contributed by atoms with E-state index in [0.29, 0.717) is 6.54 Å². The van der Waals surface area contributed by atoms with Crippen LogP contribution in [-0.2, 0) is 14.9 Å². The van der Waals surface area contributed by atoms with E-state index in [1.807, 2.05) is 43.9 Å². The second kappa shape index (κ2) is 9.94. The van der Waals surface area contributed by atoms with Crippen LogP contribution in [0.1, 0.15) is 24.5 Å². The summed E-state index contributed by atoms with van der Waals surface area (Å²) in [5.41, 5.74) is 9.50. The van der Waals surface area contributed by atoms with E-state index >= 15 is 0 Å². The summed E-state index contributed by atoms with van der Waals surface area (Å²) in [6.45, 7) is 7.15. The van der Waals surface area contributed by atoms with Gasteiger partial charge < -0.3 is 15.7 Å². The number of aryl methyl sites for hydroxylation is 2. The van der Waals surface area contributed by atoms with Gasteiger partial charge in [-0.3, -0.25) is 9.35 Å². The molecule has 148 valence electrons. The molecular formula is C19H26N2O5S.